The summed E-state index contributed by atoms with van der Waals surface area (Å²) in [6.45, 7) is -0.212. The van der Waals surface area contributed by atoms with Crippen LogP contribution in [0.1, 0.15) is 11.6 Å². The maximum atomic E-state index is 8.81. The van der Waals surface area contributed by atoms with Crippen molar-refractivity contribution in [2.45, 2.75) is 5.92 Å². The molecule has 13 heavy (non-hydrogen) atoms. The van der Waals surface area contributed by atoms with Gasteiger partial charge in [0, 0.05) is 0 Å². The van der Waals surface area contributed by atoms with Crippen LogP contribution in [0, 0.1) is 11.3 Å². The van der Waals surface area contributed by atoms with Gasteiger partial charge in [0.1, 0.15) is 11.7 Å². The number of hydrogen-bond donors (Lipinski definition) is 1. The predicted octanol–water partition coefficient (Wildman–Crippen LogP) is 0.690. The van der Waals surface area contributed by atoms with Crippen molar-refractivity contribution in [3.8, 4) is 11.8 Å². The fourth-order valence-corrected chi connectivity index (χ4v) is 0.919. The number of aliphatic hydroxyl groups is 1. The zero-order valence-electron chi connectivity index (χ0n) is 7.27. The molecule has 1 heterocycles. The lowest BCUT2D eigenvalue weighted by Crippen LogP contribution is -2.03. The molecule has 68 valence electrons. The number of nitriles is 1. The summed E-state index contributed by atoms with van der Waals surface area (Å²) in [7, 11) is 1.55. The van der Waals surface area contributed by atoms with Gasteiger partial charge >= 0.3 is 0 Å². The van der Waals surface area contributed by atoms with Gasteiger partial charge in [0.05, 0.1) is 31.7 Å². The van der Waals surface area contributed by atoms with Crippen molar-refractivity contribution in [2.75, 3.05) is 13.7 Å². The van der Waals surface area contributed by atoms with Crippen molar-refractivity contribution >= 4 is 0 Å². The maximum Gasteiger partial charge on any atom is 0.137 e. The van der Waals surface area contributed by atoms with Crippen molar-refractivity contribution in [2.24, 2.45) is 0 Å². The average molecular weight is 178 g/mol. The van der Waals surface area contributed by atoms with E-state index in [1.807, 2.05) is 6.07 Å². The topological polar surface area (TPSA) is 66.1 Å². The summed E-state index contributed by atoms with van der Waals surface area (Å²) >= 11 is 0. The minimum absolute atomic E-state index is 0.212. The second kappa shape index (κ2) is 4.43. The number of nitrogens with zero attached hydrogens (tertiary/aromatic N) is 2. The Kier molecular flexibility index (Phi) is 3.23. The van der Waals surface area contributed by atoms with Crippen molar-refractivity contribution in [3.63, 3.8) is 0 Å². The molecule has 0 aliphatic heterocycles. The third-order valence-corrected chi connectivity index (χ3v) is 1.69. The summed E-state index contributed by atoms with van der Waals surface area (Å²) < 4.78 is 4.91. The van der Waals surface area contributed by atoms with E-state index in [0.717, 1.165) is 0 Å². The van der Waals surface area contributed by atoms with Gasteiger partial charge in [-0.2, -0.15) is 5.26 Å². The molecule has 1 N–H and O–H groups in total. The number of aromatic nitrogens is 1. The van der Waals surface area contributed by atoms with Crippen LogP contribution in [-0.4, -0.2) is 23.8 Å². The lowest BCUT2D eigenvalue weighted by Gasteiger charge is -2.04. The largest absolute Gasteiger partial charge is 0.495 e. The first kappa shape index (κ1) is 9.49. The molecule has 0 saturated carbocycles. The lowest BCUT2D eigenvalue weighted by atomic mass is 10.1. The Balaban J connectivity index is 2.86. The molecule has 0 fully saturated rings. The Bertz CT molecular complexity index is 302. The van der Waals surface area contributed by atoms with Gasteiger partial charge in [-0.05, 0) is 12.1 Å². The molecule has 0 amide bonds. The summed E-state index contributed by atoms with van der Waals surface area (Å²) in [5.74, 6) is 0.0873. The van der Waals surface area contributed by atoms with Gasteiger partial charge in [0.25, 0.3) is 0 Å². The van der Waals surface area contributed by atoms with Crippen LogP contribution in [0.25, 0.3) is 0 Å². The number of pyridine rings is 1. The highest BCUT2D eigenvalue weighted by Gasteiger charge is 2.09. The smallest absolute Gasteiger partial charge is 0.137 e. The van der Waals surface area contributed by atoms with Gasteiger partial charge in [0.15, 0.2) is 0 Å². The van der Waals surface area contributed by atoms with Gasteiger partial charge in [-0.3, -0.25) is 4.98 Å². The van der Waals surface area contributed by atoms with E-state index >= 15 is 0 Å². The van der Waals surface area contributed by atoms with E-state index in [9.17, 15) is 0 Å². The van der Waals surface area contributed by atoms with Crippen molar-refractivity contribution < 1.29 is 9.84 Å². The van der Waals surface area contributed by atoms with Gasteiger partial charge in [-0.1, -0.05) is 0 Å². The van der Waals surface area contributed by atoms with E-state index < -0.39 is 5.92 Å². The normalized spacial score (nSPS) is 11.8. The second-order valence-electron chi connectivity index (χ2n) is 2.49. The molecule has 4 nitrogen and oxygen atoms in total. The molecule has 0 aliphatic carbocycles. The Morgan fingerprint density at radius 3 is 2.85 bits per heavy atom. The third kappa shape index (κ3) is 2.17. The molecule has 0 spiro atoms. The number of ether oxygens (including phenoxy) is 1. The van der Waals surface area contributed by atoms with Gasteiger partial charge in [-0.25, -0.2) is 0 Å². The Morgan fingerprint density at radius 2 is 2.46 bits per heavy atom. The minimum Gasteiger partial charge on any atom is -0.495 e. The van der Waals surface area contributed by atoms with E-state index in [0.29, 0.717) is 11.4 Å². The van der Waals surface area contributed by atoms with Crippen LogP contribution in [0.4, 0.5) is 0 Å². The lowest BCUT2D eigenvalue weighted by molar-refractivity contribution is 0.284. The highest BCUT2D eigenvalue weighted by Crippen LogP contribution is 2.14. The van der Waals surface area contributed by atoms with E-state index in [-0.39, 0.29) is 6.61 Å². The van der Waals surface area contributed by atoms with Crippen LogP contribution in [0.5, 0.6) is 5.75 Å². The molecule has 0 saturated heterocycles. The van der Waals surface area contributed by atoms with E-state index in [1.54, 1.807) is 19.2 Å². The van der Waals surface area contributed by atoms with Crippen LogP contribution < -0.4 is 4.74 Å². The molecule has 1 unspecified atom stereocenters. The van der Waals surface area contributed by atoms with Crippen molar-refractivity contribution in [1.82, 2.24) is 4.98 Å². The summed E-state index contributed by atoms with van der Waals surface area (Å²) in [6.07, 6.45) is 1.52. The molecule has 0 bridgehead atoms. The summed E-state index contributed by atoms with van der Waals surface area (Å²) in [5, 5.41) is 17.4. The van der Waals surface area contributed by atoms with Crippen molar-refractivity contribution in [3.05, 3.63) is 24.0 Å². The molecular formula is C9H10N2O2. The minimum atomic E-state index is -0.550. The average Bonchev–Trinajstić information content (AvgIpc) is 2.21. The molecule has 1 atom stereocenters. The highest BCUT2D eigenvalue weighted by molar-refractivity contribution is 5.24. The van der Waals surface area contributed by atoms with Gasteiger partial charge in [0.2, 0.25) is 0 Å². The Labute approximate surface area is 76.4 Å². The van der Waals surface area contributed by atoms with Crippen LogP contribution in [0.15, 0.2) is 18.3 Å². The van der Waals surface area contributed by atoms with E-state index in [4.69, 9.17) is 15.1 Å². The maximum absolute atomic E-state index is 8.81. The molecule has 0 aromatic carbocycles. The summed E-state index contributed by atoms with van der Waals surface area (Å²) in [5.41, 5.74) is 0.561. The van der Waals surface area contributed by atoms with Gasteiger partial charge < -0.3 is 9.84 Å². The van der Waals surface area contributed by atoms with Crippen LogP contribution >= 0.6 is 0 Å². The SMILES string of the molecule is COc1ccc(C(C#N)CO)nc1. The van der Waals surface area contributed by atoms with E-state index in [2.05, 4.69) is 4.98 Å². The molecule has 1 aromatic heterocycles. The first-order chi connectivity index (χ1) is 6.31. The quantitative estimate of drug-likeness (QED) is 0.739. The number of methoxy groups -OCH3 is 1. The zero-order valence-corrected chi connectivity index (χ0v) is 7.27. The predicted molar refractivity (Wildman–Crippen MR) is 46.2 cm³/mol. The molecular weight excluding hydrogens is 168 g/mol. The number of rotatable bonds is 3. The standard InChI is InChI=1S/C9H10N2O2/c1-13-8-2-3-9(11-5-8)7(4-10)6-12/h2-3,5,7,12H,6H2,1H3. The fraction of sp³-hybridized carbons (Fsp3) is 0.333. The number of aliphatic hydroxyl groups excluding tert-OH is 1. The number of hydrogen-bond acceptors (Lipinski definition) is 4. The molecule has 1 rings (SSSR count). The second-order valence-corrected chi connectivity index (χ2v) is 2.49. The van der Waals surface area contributed by atoms with E-state index in [1.165, 1.54) is 6.20 Å². The Hall–Kier alpha value is -1.60. The van der Waals surface area contributed by atoms with Crippen LogP contribution in [0.2, 0.25) is 0 Å². The first-order valence-electron chi connectivity index (χ1n) is 3.82. The zero-order chi connectivity index (χ0) is 9.68. The molecule has 0 aliphatic rings. The molecule has 4 heteroatoms. The molecule has 0 radical (unpaired) electrons. The fourth-order valence-electron chi connectivity index (χ4n) is 0.919. The van der Waals surface area contributed by atoms with Gasteiger partial charge in [-0.15, -0.1) is 0 Å². The van der Waals surface area contributed by atoms with Crippen LogP contribution in [0.3, 0.4) is 0 Å². The van der Waals surface area contributed by atoms with Crippen molar-refractivity contribution in [1.29, 1.82) is 5.26 Å². The third-order valence-electron chi connectivity index (χ3n) is 1.69. The first-order valence-corrected chi connectivity index (χ1v) is 3.82. The van der Waals surface area contributed by atoms with Crippen LogP contribution in [-0.2, 0) is 0 Å². The summed E-state index contributed by atoms with van der Waals surface area (Å²) in [4.78, 5) is 3.98. The Morgan fingerprint density at radius 1 is 1.69 bits per heavy atom. The molecule has 1 aromatic rings. The highest BCUT2D eigenvalue weighted by atomic mass is 16.5. The summed E-state index contributed by atoms with van der Waals surface area (Å²) in [6, 6.07) is 5.33. The monoisotopic (exact) mass is 178 g/mol.